The van der Waals surface area contributed by atoms with Crippen molar-refractivity contribution < 1.29 is 10.2 Å². The summed E-state index contributed by atoms with van der Waals surface area (Å²) in [5, 5.41) is 17.9. The quantitative estimate of drug-likeness (QED) is 0.733. The van der Waals surface area contributed by atoms with Gasteiger partial charge in [0.1, 0.15) is 0 Å². The molecule has 0 saturated heterocycles. The van der Waals surface area contributed by atoms with E-state index < -0.39 is 6.10 Å². The molecule has 0 saturated carbocycles. The zero-order chi connectivity index (χ0) is 9.84. The molecular formula is C11H16O2. The fourth-order valence-electron chi connectivity index (χ4n) is 1.39. The van der Waals surface area contributed by atoms with Crippen molar-refractivity contribution in [2.24, 2.45) is 0 Å². The molecule has 2 heteroatoms. The van der Waals surface area contributed by atoms with Crippen LogP contribution in [0.3, 0.4) is 0 Å². The number of hydrogen-bond acceptors (Lipinski definition) is 2. The summed E-state index contributed by atoms with van der Waals surface area (Å²) in [6.45, 7) is 3.89. The zero-order valence-electron chi connectivity index (χ0n) is 8.12. The molecule has 0 fully saturated rings. The van der Waals surface area contributed by atoms with Crippen LogP contribution in [0.5, 0.6) is 0 Å². The number of aliphatic hydroxyl groups is 2. The van der Waals surface area contributed by atoms with Crippen molar-refractivity contribution >= 4 is 0 Å². The highest BCUT2D eigenvalue weighted by Crippen LogP contribution is 2.12. The molecule has 1 rings (SSSR count). The highest BCUT2D eigenvalue weighted by Gasteiger charge is 2.05. The van der Waals surface area contributed by atoms with E-state index in [0.717, 1.165) is 5.56 Å². The van der Waals surface area contributed by atoms with E-state index in [1.54, 1.807) is 0 Å². The maximum absolute atomic E-state index is 9.26. The first-order chi connectivity index (χ1) is 6.13. The van der Waals surface area contributed by atoms with Gasteiger partial charge in [-0.1, -0.05) is 23.8 Å². The molecule has 1 aromatic carbocycles. The van der Waals surface area contributed by atoms with Gasteiger partial charge in [0.15, 0.2) is 0 Å². The Hall–Kier alpha value is -0.860. The lowest BCUT2D eigenvalue weighted by molar-refractivity contribution is 0.0954. The van der Waals surface area contributed by atoms with Gasteiger partial charge in [0, 0.05) is 6.42 Å². The molecule has 72 valence electrons. The Morgan fingerprint density at radius 3 is 2.54 bits per heavy atom. The van der Waals surface area contributed by atoms with Gasteiger partial charge >= 0.3 is 0 Å². The molecule has 0 aliphatic rings. The van der Waals surface area contributed by atoms with Crippen LogP contribution in [-0.4, -0.2) is 22.9 Å². The average Bonchev–Trinajstić information content (AvgIpc) is 2.09. The highest BCUT2D eigenvalue weighted by atomic mass is 16.3. The molecule has 0 amide bonds. The Morgan fingerprint density at radius 1 is 1.31 bits per heavy atom. The molecular weight excluding hydrogens is 164 g/mol. The van der Waals surface area contributed by atoms with Crippen LogP contribution in [0.25, 0.3) is 0 Å². The number of hydrogen-bond donors (Lipinski definition) is 2. The Kier molecular flexibility index (Phi) is 3.46. The molecule has 0 heterocycles. The third kappa shape index (κ3) is 2.83. The molecule has 2 N–H and O–H groups in total. The van der Waals surface area contributed by atoms with Crippen LogP contribution in [0.1, 0.15) is 16.7 Å². The summed E-state index contributed by atoms with van der Waals surface area (Å²) in [7, 11) is 0. The Morgan fingerprint density at radius 2 is 2.00 bits per heavy atom. The van der Waals surface area contributed by atoms with Crippen molar-refractivity contribution in [2.75, 3.05) is 6.61 Å². The van der Waals surface area contributed by atoms with Gasteiger partial charge in [-0.3, -0.25) is 0 Å². The minimum atomic E-state index is -0.638. The first-order valence-electron chi connectivity index (χ1n) is 4.48. The third-order valence-corrected chi connectivity index (χ3v) is 2.16. The average molecular weight is 180 g/mol. The van der Waals surface area contributed by atoms with E-state index in [1.165, 1.54) is 11.1 Å². The SMILES string of the molecule is Cc1ccc(CC(O)CO)c(C)c1. The van der Waals surface area contributed by atoms with Gasteiger partial charge in [0.2, 0.25) is 0 Å². The summed E-state index contributed by atoms with van der Waals surface area (Å²) in [4.78, 5) is 0. The molecule has 2 nitrogen and oxygen atoms in total. The van der Waals surface area contributed by atoms with Crippen molar-refractivity contribution in [3.8, 4) is 0 Å². The molecule has 0 aliphatic carbocycles. The first-order valence-corrected chi connectivity index (χ1v) is 4.48. The number of rotatable bonds is 3. The molecule has 0 aliphatic heterocycles. The van der Waals surface area contributed by atoms with Crippen LogP contribution >= 0.6 is 0 Å². The fraction of sp³-hybridized carbons (Fsp3) is 0.455. The van der Waals surface area contributed by atoms with Crippen LogP contribution in [0, 0.1) is 13.8 Å². The highest BCUT2D eigenvalue weighted by molar-refractivity contribution is 5.30. The summed E-state index contributed by atoms with van der Waals surface area (Å²) >= 11 is 0. The molecule has 0 bridgehead atoms. The van der Waals surface area contributed by atoms with Crippen LogP contribution < -0.4 is 0 Å². The normalized spacial score (nSPS) is 12.9. The lowest BCUT2D eigenvalue weighted by atomic mass is 10.0. The van der Waals surface area contributed by atoms with Gasteiger partial charge in [-0.2, -0.15) is 0 Å². The Balaban J connectivity index is 2.77. The Bertz CT molecular complexity index is 281. The van der Waals surface area contributed by atoms with Crippen LogP contribution in [0.4, 0.5) is 0 Å². The second-order valence-corrected chi connectivity index (χ2v) is 3.47. The van der Waals surface area contributed by atoms with Gasteiger partial charge in [-0.05, 0) is 25.0 Å². The molecule has 0 aromatic heterocycles. The fourth-order valence-corrected chi connectivity index (χ4v) is 1.39. The van der Waals surface area contributed by atoms with E-state index in [4.69, 9.17) is 5.11 Å². The van der Waals surface area contributed by atoms with Crippen LogP contribution in [0.2, 0.25) is 0 Å². The van der Waals surface area contributed by atoms with E-state index in [1.807, 2.05) is 26.0 Å². The monoisotopic (exact) mass is 180 g/mol. The van der Waals surface area contributed by atoms with E-state index >= 15 is 0 Å². The molecule has 1 unspecified atom stereocenters. The lowest BCUT2D eigenvalue weighted by Crippen LogP contribution is -2.15. The van der Waals surface area contributed by atoms with Gasteiger partial charge < -0.3 is 10.2 Å². The van der Waals surface area contributed by atoms with Crippen LogP contribution in [-0.2, 0) is 6.42 Å². The van der Waals surface area contributed by atoms with Gasteiger partial charge in [-0.15, -0.1) is 0 Å². The molecule has 0 radical (unpaired) electrons. The standard InChI is InChI=1S/C11H16O2/c1-8-3-4-10(9(2)5-8)6-11(13)7-12/h3-5,11-13H,6-7H2,1-2H3. The molecule has 0 spiro atoms. The molecule has 13 heavy (non-hydrogen) atoms. The summed E-state index contributed by atoms with van der Waals surface area (Å²) < 4.78 is 0. The largest absolute Gasteiger partial charge is 0.394 e. The maximum Gasteiger partial charge on any atom is 0.0811 e. The van der Waals surface area contributed by atoms with Gasteiger partial charge in [0.25, 0.3) is 0 Å². The molecule has 1 atom stereocenters. The summed E-state index contributed by atoms with van der Waals surface area (Å²) in [6.07, 6.45) is -0.107. The van der Waals surface area contributed by atoms with Crippen molar-refractivity contribution in [1.29, 1.82) is 0 Å². The van der Waals surface area contributed by atoms with E-state index in [2.05, 4.69) is 6.07 Å². The molecule has 1 aromatic rings. The lowest BCUT2D eigenvalue weighted by Gasteiger charge is -2.10. The third-order valence-electron chi connectivity index (χ3n) is 2.16. The van der Waals surface area contributed by atoms with E-state index in [9.17, 15) is 5.11 Å². The number of aryl methyl sites for hydroxylation is 2. The first kappa shape index (κ1) is 10.2. The van der Waals surface area contributed by atoms with Crippen LogP contribution in [0.15, 0.2) is 18.2 Å². The van der Waals surface area contributed by atoms with Gasteiger partial charge in [-0.25, -0.2) is 0 Å². The van der Waals surface area contributed by atoms with E-state index in [-0.39, 0.29) is 6.61 Å². The predicted octanol–water partition coefficient (Wildman–Crippen LogP) is 1.20. The number of benzene rings is 1. The van der Waals surface area contributed by atoms with Gasteiger partial charge in [0.05, 0.1) is 12.7 Å². The smallest absolute Gasteiger partial charge is 0.0811 e. The minimum absolute atomic E-state index is 0.173. The topological polar surface area (TPSA) is 40.5 Å². The van der Waals surface area contributed by atoms with E-state index in [0.29, 0.717) is 6.42 Å². The van der Waals surface area contributed by atoms with Crippen molar-refractivity contribution in [1.82, 2.24) is 0 Å². The maximum atomic E-state index is 9.26. The summed E-state index contributed by atoms with van der Waals surface area (Å²) in [5.41, 5.74) is 3.50. The minimum Gasteiger partial charge on any atom is -0.394 e. The predicted molar refractivity (Wildman–Crippen MR) is 52.7 cm³/mol. The second-order valence-electron chi connectivity index (χ2n) is 3.47. The second kappa shape index (κ2) is 4.40. The summed E-state index contributed by atoms with van der Waals surface area (Å²) in [6, 6.07) is 6.11. The van der Waals surface area contributed by atoms with Crippen molar-refractivity contribution in [3.63, 3.8) is 0 Å². The zero-order valence-corrected chi connectivity index (χ0v) is 8.12. The van der Waals surface area contributed by atoms with Crippen molar-refractivity contribution in [3.05, 3.63) is 34.9 Å². The number of aliphatic hydroxyl groups excluding tert-OH is 2. The summed E-state index contributed by atoms with van der Waals surface area (Å²) in [5.74, 6) is 0. The van der Waals surface area contributed by atoms with Crippen molar-refractivity contribution in [2.45, 2.75) is 26.4 Å². The Labute approximate surface area is 78.8 Å².